The molecule has 1 amide bonds. The summed E-state index contributed by atoms with van der Waals surface area (Å²) in [6, 6.07) is 9.98. The molecule has 0 bridgehead atoms. The normalized spacial score (nSPS) is 12.1. The molecular formula is C15H19N3O2. The molecule has 0 fully saturated rings. The van der Waals surface area contributed by atoms with E-state index in [4.69, 9.17) is 5.73 Å². The quantitative estimate of drug-likeness (QED) is 0.757. The average Bonchev–Trinajstić information content (AvgIpc) is 2.84. The Balaban J connectivity index is 1.86. The van der Waals surface area contributed by atoms with Crippen LogP contribution in [0.4, 0.5) is 0 Å². The minimum Gasteiger partial charge on any atom is -0.508 e. The number of benzene rings is 1. The molecule has 0 saturated carbocycles. The zero-order valence-corrected chi connectivity index (χ0v) is 11.4. The Bertz CT molecular complexity index is 575. The Morgan fingerprint density at radius 3 is 2.65 bits per heavy atom. The van der Waals surface area contributed by atoms with Gasteiger partial charge in [0, 0.05) is 18.9 Å². The Morgan fingerprint density at radius 1 is 1.35 bits per heavy atom. The Labute approximate surface area is 118 Å². The summed E-state index contributed by atoms with van der Waals surface area (Å²) in [4.78, 5) is 11.9. The second-order valence-corrected chi connectivity index (χ2v) is 4.81. The fraction of sp³-hybridized carbons (Fsp3) is 0.267. The van der Waals surface area contributed by atoms with Gasteiger partial charge in [-0.2, -0.15) is 0 Å². The second kappa shape index (κ2) is 6.25. The molecule has 1 aromatic heterocycles. The highest BCUT2D eigenvalue weighted by atomic mass is 16.3. The van der Waals surface area contributed by atoms with Gasteiger partial charge < -0.3 is 20.7 Å². The number of nitrogens with two attached hydrogens (primary N) is 1. The molecule has 1 heterocycles. The van der Waals surface area contributed by atoms with Crippen LogP contribution in [0.5, 0.6) is 5.75 Å². The molecule has 2 aromatic rings. The summed E-state index contributed by atoms with van der Waals surface area (Å²) in [5, 5.41) is 12.0. The predicted molar refractivity (Wildman–Crippen MR) is 77.0 cm³/mol. The molecule has 5 heteroatoms. The average molecular weight is 273 g/mol. The molecule has 0 unspecified atom stereocenters. The minimum absolute atomic E-state index is 0.181. The van der Waals surface area contributed by atoms with Crippen molar-refractivity contribution in [2.45, 2.75) is 19.0 Å². The number of nitrogens with zero attached hydrogens (tertiary/aromatic N) is 1. The molecule has 0 aliphatic heterocycles. The van der Waals surface area contributed by atoms with E-state index >= 15 is 0 Å². The fourth-order valence-electron chi connectivity index (χ4n) is 1.97. The van der Waals surface area contributed by atoms with Crippen molar-refractivity contribution in [2.75, 3.05) is 0 Å². The van der Waals surface area contributed by atoms with Crippen molar-refractivity contribution in [3.8, 4) is 5.75 Å². The van der Waals surface area contributed by atoms with Crippen LogP contribution in [0.25, 0.3) is 0 Å². The van der Waals surface area contributed by atoms with Crippen LogP contribution < -0.4 is 11.1 Å². The molecule has 0 spiro atoms. The van der Waals surface area contributed by atoms with Gasteiger partial charge in [-0.25, -0.2) is 0 Å². The molecule has 0 radical (unpaired) electrons. The first kappa shape index (κ1) is 14.1. The van der Waals surface area contributed by atoms with E-state index in [1.807, 2.05) is 29.9 Å². The lowest BCUT2D eigenvalue weighted by molar-refractivity contribution is -0.122. The van der Waals surface area contributed by atoms with E-state index < -0.39 is 6.04 Å². The third kappa shape index (κ3) is 3.61. The van der Waals surface area contributed by atoms with Crippen LogP contribution in [0.3, 0.4) is 0 Å². The van der Waals surface area contributed by atoms with Gasteiger partial charge in [0.15, 0.2) is 0 Å². The van der Waals surface area contributed by atoms with Gasteiger partial charge in [-0.15, -0.1) is 0 Å². The number of aromatic nitrogens is 1. The van der Waals surface area contributed by atoms with Gasteiger partial charge in [-0.1, -0.05) is 12.1 Å². The lowest BCUT2D eigenvalue weighted by atomic mass is 10.1. The number of nitrogens with one attached hydrogen (secondary N) is 1. The van der Waals surface area contributed by atoms with E-state index in [0.717, 1.165) is 11.3 Å². The van der Waals surface area contributed by atoms with Crippen molar-refractivity contribution in [3.63, 3.8) is 0 Å². The summed E-state index contributed by atoms with van der Waals surface area (Å²) >= 11 is 0. The number of aryl methyl sites for hydroxylation is 1. The topological polar surface area (TPSA) is 80.3 Å². The van der Waals surface area contributed by atoms with E-state index in [2.05, 4.69) is 5.32 Å². The van der Waals surface area contributed by atoms with Crippen LogP contribution in [0.2, 0.25) is 0 Å². The largest absolute Gasteiger partial charge is 0.508 e. The lowest BCUT2D eigenvalue weighted by Gasteiger charge is -2.13. The zero-order valence-electron chi connectivity index (χ0n) is 11.4. The van der Waals surface area contributed by atoms with Gasteiger partial charge in [-0.3, -0.25) is 4.79 Å². The Hall–Kier alpha value is -2.27. The maximum Gasteiger partial charge on any atom is 0.237 e. The van der Waals surface area contributed by atoms with Gasteiger partial charge in [0.25, 0.3) is 0 Å². The van der Waals surface area contributed by atoms with Crippen molar-refractivity contribution < 1.29 is 9.90 Å². The molecule has 20 heavy (non-hydrogen) atoms. The number of carbonyl (C=O) groups excluding carboxylic acids is 1. The van der Waals surface area contributed by atoms with Crippen LogP contribution >= 0.6 is 0 Å². The van der Waals surface area contributed by atoms with Crippen LogP contribution in [-0.4, -0.2) is 21.6 Å². The predicted octanol–water partition coefficient (Wildman–Crippen LogP) is 0.917. The molecule has 0 aliphatic carbocycles. The smallest absolute Gasteiger partial charge is 0.237 e. The van der Waals surface area contributed by atoms with Gasteiger partial charge in [-0.05, 0) is 36.2 Å². The SMILES string of the molecule is Cn1cccc1CNC(=O)[C@H](N)Cc1ccc(O)cc1. The van der Waals surface area contributed by atoms with Crippen molar-refractivity contribution in [3.05, 3.63) is 53.9 Å². The minimum atomic E-state index is -0.597. The second-order valence-electron chi connectivity index (χ2n) is 4.81. The summed E-state index contributed by atoms with van der Waals surface area (Å²) in [5.41, 5.74) is 7.83. The maximum atomic E-state index is 11.9. The molecule has 0 saturated heterocycles. The highest BCUT2D eigenvalue weighted by Gasteiger charge is 2.14. The highest BCUT2D eigenvalue weighted by molar-refractivity contribution is 5.81. The molecule has 0 aliphatic rings. The van der Waals surface area contributed by atoms with E-state index in [9.17, 15) is 9.90 Å². The first-order valence-corrected chi connectivity index (χ1v) is 6.47. The number of carbonyl (C=O) groups is 1. The summed E-state index contributed by atoms with van der Waals surface area (Å²) in [6.07, 6.45) is 2.37. The lowest BCUT2D eigenvalue weighted by Crippen LogP contribution is -2.41. The number of amides is 1. The fourth-order valence-corrected chi connectivity index (χ4v) is 1.97. The summed E-state index contributed by atoms with van der Waals surface area (Å²) in [7, 11) is 1.93. The third-order valence-corrected chi connectivity index (χ3v) is 3.22. The number of phenolic OH excluding ortho intramolecular Hbond substituents is 1. The van der Waals surface area contributed by atoms with Gasteiger partial charge >= 0.3 is 0 Å². The van der Waals surface area contributed by atoms with E-state index in [0.29, 0.717) is 13.0 Å². The van der Waals surface area contributed by atoms with Crippen molar-refractivity contribution in [1.82, 2.24) is 9.88 Å². The van der Waals surface area contributed by atoms with Crippen molar-refractivity contribution >= 4 is 5.91 Å². The summed E-state index contributed by atoms with van der Waals surface area (Å²) in [5.74, 6) is 0.0229. The summed E-state index contributed by atoms with van der Waals surface area (Å²) < 4.78 is 1.95. The monoisotopic (exact) mass is 273 g/mol. The van der Waals surface area contributed by atoms with E-state index in [-0.39, 0.29) is 11.7 Å². The molecule has 1 atom stereocenters. The first-order valence-electron chi connectivity index (χ1n) is 6.47. The van der Waals surface area contributed by atoms with E-state index in [1.54, 1.807) is 24.3 Å². The van der Waals surface area contributed by atoms with Gasteiger partial charge in [0.1, 0.15) is 5.75 Å². The summed E-state index contributed by atoms with van der Waals surface area (Å²) in [6.45, 7) is 0.464. The molecule has 106 valence electrons. The van der Waals surface area contributed by atoms with E-state index in [1.165, 1.54) is 0 Å². The van der Waals surface area contributed by atoms with Crippen LogP contribution in [0.15, 0.2) is 42.6 Å². The number of hydrogen-bond acceptors (Lipinski definition) is 3. The molecular weight excluding hydrogens is 254 g/mol. The number of hydrogen-bond donors (Lipinski definition) is 3. The number of rotatable bonds is 5. The van der Waals surface area contributed by atoms with Crippen LogP contribution in [0.1, 0.15) is 11.3 Å². The van der Waals surface area contributed by atoms with Crippen LogP contribution in [0, 0.1) is 0 Å². The van der Waals surface area contributed by atoms with Gasteiger partial charge in [0.05, 0.1) is 12.6 Å². The molecule has 4 N–H and O–H groups in total. The van der Waals surface area contributed by atoms with Crippen molar-refractivity contribution in [1.29, 1.82) is 0 Å². The highest BCUT2D eigenvalue weighted by Crippen LogP contribution is 2.11. The number of aromatic hydroxyl groups is 1. The zero-order chi connectivity index (χ0) is 14.5. The van der Waals surface area contributed by atoms with Crippen LogP contribution in [-0.2, 0) is 24.8 Å². The number of phenols is 1. The molecule has 1 aromatic carbocycles. The molecule has 5 nitrogen and oxygen atoms in total. The molecule has 2 rings (SSSR count). The van der Waals surface area contributed by atoms with Crippen molar-refractivity contribution in [2.24, 2.45) is 12.8 Å². The first-order chi connectivity index (χ1) is 9.56. The third-order valence-electron chi connectivity index (χ3n) is 3.22. The maximum absolute atomic E-state index is 11.9. The van der Waals surface area contributed by atoms with Gasteiger partial charge in [0.2, 0.25) is 5.91 Å². The standard InChI is InChI=1S/C15H19N3O2/c1-18-8-2-3-12(18)10-17-15(20)14(16)9-11-4-6-13(19)7-5-11/h2-8,14,19H,9-10,16H2,1H3,(H,17,20)/t14-/m1/s1. The Morgan fingerprint density at radius 2 is 2.05 bits per heavy atom. The Kier molecular flexibility index (Phi) is 4.42.